The Balaban J connectivity index is 2.19. The van der Waals surface area contributed by atoms with Gasteiger partial charge in [-0.15, -0.1) is 0 Å². The summed E-state index contributed by atoms with van der Waals surface area (Å²) in [7, 11) is 0. The SMILES string of the molecule is O=C(O)c1ccc2c(-c3cncnc3)n[nH]c2c1. The average molecular weight is 240 g/mol. The zero-order valence-corrected chi connectivity index (χ0v) is 9.16. The quantitative estimate of drug-likeness (QED) is 0.711. The lowest BCUT2D eigenvalue weighted by Crippen LogP contribution is -1.94. The Kier molecular flexibility index (Phi) is 2.26. The number of hydrogen-bond acceptors (Lipinski definition) is 4. The first-order valence-electron chi connectivity index (χ1n) is 5.22. The van der Waals surface area contributed by atoms with Crippen LogP contribution in [0.25, 0.3) is 22.2 Å². The van der Waals surface area contributed by atoms with Crippen LogP contribution in [-0.4, -0.2) is 31.2 Å². The fourth-order valence-corrected chi connectivity index (χ4v) is 1.79. The van der Waals surface area contributed by atoms with Crippen molar-refractivity contribution >= 4 is 16.9 Å². The highest BCUT2D eigenvalue weighted by atomic mass is 16.4. The van der Waals surface area contributed by atoms with E-state index in [2.05, 4.69) is 20.2 Å². The van der Waals surface area contributed by atoms with Crippen LogP contribution in [0.2, 0.25) is 0 Å². The van der Waals surface area contributed by atoms with Gasteiger partial charge in [0, 0.05) is 23.3 Å². The molecule has 6 nitrogen and oxygen atoms in total. The predicted octanol–water partition coefficient (Wildman–Crippen LogP) is 1.72. The van der Waals surface area contributed by atoms with E-state index in [4.69, 9.17) is 5.11 Å². The van der Waals surface area contributed by atoms with E-state index in [9.17, 15) is 4.79 Å². The topological polar surface area (TPSA) is 91.8 Å². The zero-order valence-electron chi connectivity index (χ0n) is 9.16. The van der Waals surface area contributed by atoms with Crippen LogP contribution in [0.1, 0.15) is 10.4 Å². The summed E-state index contributed by atoms with van der Waals surface area (Å²) in [5.41, 5.74) is 2.39. The molecule has 1 aromatic carbocycles. The molecule has 0 aliphatic rings. The fraction of sp³-hybridized carbons (Fsp3) is 0. The Morgan fingerprint density at radius 3 is 2.72 bits per heavy atom. The number of nitrogens with one attached hydrogen (secondary N) is 1. The van der Waals surface area contributed by atoms with Crippen LogP contribution in [0, 0.1) is 0 Å². The van der Waals surface area contributed by atoms with Crippen LogP contribution in [0.15, 0.2) is 36.9 Å². The maximum absolute atomic E-state index is 10.9. The number of H-pyrrole nitrogens is 1. The molecule has 0 atom stereocenters. The number of carboxylic acid groups (broad SMARTS) is 1. The number of hydrogen-bond donors (Lipinski definition) is 2. The van der Waals surface area contributed by atoms with Crippen LogP contribution in [0.3, 0.4) is 0 Å². The maximum atomic E-state index is 10.9. The standard InChI is InChI=1S/C12H8N4O2/c17-12(18)7-1-2-9-10(3-7)15-16-11(9)8-4-13-6-14-5-8/h1-6H,(H,15,16)(H,17,18). The third-order valence-electron chi connectivity index (χ3n) is 2.64. The molecule has 0 aliphatic heterocycles. The Morgan fingerprint density at radius 2 is 2.00 bits per heavy atom. The van der Waals surface area contributed by atoms with Crippen LogP contribution >= 0.6 is 0 Å². The first-order valence-corrected chi connectivity index (χ1v) is 5.22. The number of rotatable bonds is 2. The van der Waals surface area contributed by atoms with E-state index in [0.717, 1.165) is 10.9 Å². The van der Waals surface area contributed by atoms with Crippen LogP contribution in [0.5, 0.6) is 0 Å². The third kappa shape index (κ3) is 1.60. The molecule has 6 heteroatoms. The molecule has 2 heterocycles. The van der Waals surface area contributed by atoms with Crippen molar-refractivity contribution < 1.29 is 9.90 Å². The highest BCUT2D eigenvalue weighted by molar-refractivity contribution is 5.97. The second-order valence-corrected chi connectivity index (χ2v) is 3.76. The van der Waals surface area contributed by atoms with E-state index in [1.807, 2.05) is 0 Å². The summed E-state index contributed by atoms with van der Waals surface area (Å²) in [6.07, 6.45) is 4.77. The Labute approximate surface area is 101 Å². The molecular weight excluding hydrogens is 232 g/mol. The van der Waals surface area contributed by atoms with Crippen molar-refractivity contribution in [2.45, 2.75) is 0 Å². The van der Waals surface area contributed by atoms with Gasteiger partial charge in [0.25, 0.3) is 0 Å². The minimum Gasteiger partial charge on any atom is -0.478 e. The van der Waals surface area contributed by atoms with Gasteiger partial charge in [-0.2, -0.15) is 5.10 Å². The molecule has 0 amide bonds. The second-order valence-electron chi connectivity index (χ2n) is 3.76. The van der Waals surface area contributed by atoms with Gasteiger partial charge in [-0.3, -0.25) is 5.10 Å². The fourth-order valence-electron chi connectivity index (χ4n) is 1.79. The van der Waals surface area contributed by atoms with Gasteiger partial charge in [0.15, 0.2) is 0 Å². The van der Waals surface area contributed by atoms with E-state index in [1.165, 1.54) is 6.33 Å². The number of benzene rings is 1. The molecule has 88 valence electrons. The van der Waals surface area contributed by atoms with Crippen LogP contribution < -0.4 is 0 Å². The third-order valence-corrected chi connectivity index (χ3v) is 2.64. The van der Waals surface area contributed by atoms with Crippen molar-refractivity contribution in [1.29, 1.82) is 0 Å². The van der Waals surface area contributed by atoms with Gasteiger partial charge in [0.05, 0.1) is 11.1 Å². The lowest BCUT2D eigenvalue weighted by Gasteiger charge is -1.97. The van der Waals surface area contributed by atoms with Gasteiger partial charge in [-0.25, -0.2) is 14.8 Å². The molecule has 2 aromatic heterocycles. The minimum absolute atomic E-state index is 0.224. The molecule has 0 radical (unpaired) electrons. The number of aromatic nitrogens is 4. The molecule has 0 spiro atoms. The van der Waals surface area contributed by atoms with E-state index < -0.39 is 5.97 Å². The van der Waals surface area contributed by atoms with Crippen LogP contribution in [0.4, 0.5) is 0 Å². The average Bonchev–Trinajstić information content (AvgIpc) is 2.82. The largest absolute Gasteiger partial charge is 0.478 e. The Bertz CT molecular complexity index is 721. The predicted molar refractivity (Wildman–Crippen MR) is 64.1 cm³/mol. The number of nitrogens with zero attached hydrogens (tertiary/aromatic N) is 3. The number of carboxylic acids is 1. The summed E-state index contributed by atoms with van der Waals surface area (Å²) in [6, 6.07) is 4.83. The first kappa shape index (κ1) is 10.4. The lowest BCUT2D eigenvalue weighted by molar-refractivity contribution is 0.0697. The summed E-state index contributed by atoms with van der Waals surface area (Å²) in [5, 5.41) is 16.7. The molecule has 2 N–H and O–H groups in total. The summed E-state index contributed by atoms with van der Waals surface area (Å²) < 4.78 is 0. The van der Waals surface area contributed by atoms with E-state index >= 15 is 0 Å². The van der Waals surface area contributed by atoms with Gasteiger partial charge in [-0.1, -0.05) is 0 Å². The van der Waals surface area contributed by atoms with Gasteiger partial charge in [-0.05, 0) is 18.2 Å². The van der Waals surface area contributed by atoms with Gasteiger partial charge >= 0.3 is 5.97 Å². The zero-order chi connectivity index (χ0) is 12.5. The summed E-state index contributed by atoms with van der Waals surface area (Å²) in [6.45, 7) is 0. The first-order chi connectivity index (χ1) is 8.75. The van der Waals surface area contributed by atoms with Crippen molar-refractivity contribution in [3.05, 3.63) is 42.5 Å². The normalized spacial score (nSPS) is 10.7. The van der Waals surface area contributed by atoms with Crippen molar-refractivity contribution in [3.63, 3.8) is 0 Å². The number of aromatic amines is 1. The number of fused-ring (bicyclic) bond motifs is 1. The molecule has 0 saturated carbocycles. The van der Waals surface area contributed by atoms with Gasteiger partial charge in [0.1, 0.15) is 12.0 Å². The van der Waals surface area contributed by atoms with Crippen LogP contribution in [-0.2, 0) is 0 Å². The molecule has 0 unspecified atom stereocenters. The van der Waals surface area contributed by atoms with E-state index in [-0.39, 0.29) is 5.56 Å². The molecule has 3 rings (SSSR count). The molecule has 18 heavy (non-hydrogen) atoms. The molecule has 3 aromatic rings. The van der Waals surface area contributed by atoms with E-state index in [1.54, 1.807) is 30.6 Å². The molecule has 0 aliphatic carbocycles. The van der Waals surface area contributed by atoms with E-state index in [0.29, 0.717) is 11.2 Å². The maximum Gasteiger partial charge on any atom is 0.335 e. The summed E-state index contributed by atoms with van der Waals surface area (Å²) in [5.74, 6) is -0.962. The second kappa shape index (κ2) is 3.92. The number of aromatic carboxylic acids is 1. The monoisotopic (exact) mass is 240 g/mol. The van der Waals surface area contributed by atoms with Gasteiger partial charge in [0.2, 0.25) is 0 Å². The van der Waals surface area contributed by atoms with Crippen molar-refractivity contribution in [2.24, 2.45) is 0 Å². The summed E-state index contributed by atoms with van der Waals surface area (Å²) >= 11 is 0. The van der Waals surface area contributed by atoms with Gasteiger partial charge < -0.3 is 5.11 Å². The molecule has 0 bridgehead atoms. The lowest BCUT2D eigenvalue weighted by atomic mass is 10.1. The highest BCUT2D eigenvalue weighted by Crippen LogP contribution is 2.25. The van der Waals surface area contributed by atoms with Crippen molar-refractivity contribution in [3.8, 4) is 11.3 Å². The number of carbonyl (C=O) groups is 1. The molecule has 0 fully saturated rings. The molecular formula is C12H8N4O2. The Morgan fingerprint density at radius 1 is 1.22 bits per heavy atom. The Hall–Kier alpha value is -2.76. The smallest absolute Gasteiger partial charge is 0.335 e. The minimum atomic E-state index is -0.962. The highest BCUT2D eigenvalue weighted by Gasteiger charge is 2.10. The van der Waals surface area contributed by atoms with Crippen molar-refractivity contribution in [1.82, 2.24) is 20.2 Å². The van der Waals surface area contributed by atoms with Crippen molar-refractivity contribution in [2.75, 3.05) is 0 Å². The summed E-state index contributed by atoms with van der Waals surface area (Å²) in [4.78, 5) is 18.7. The molecule has 0 saturated heterocycles.